The van der Waals surface area contributed by atoms with E-state index in [1.807, 2.05) is 17.0 Å². The Kier molecular flexibility index (Phi) is 4.37. The first-order valence-electron chi connectivity index (χ1n) is 7.94. The summed E-state index contributed by atoms with van der Waals surface area (Å²) in [4.78, 5) is 26.2. The summed E-state index contributed by atoms with van der Waals surface area (Å²) in [6.45, 7) is 2.01. The minimum absolute atomic E-state index is 0.234. The van der Waals surface area contributed by atoms with Gasteiger partial charge in [0, 0.05) is 25.8 Å². The van der Waals surface area contributed by atoms with E-state index in [1.165, 1.54) is 0 Å². The van der Waals surface area contributed by atoms with Crippen molar-refractivity contribution in [3.63, 3.8) is 0 Å². The molecule has 1 saturated heterocycles. The normalized spacial score (nSPS) is 23.2. The predicted octanol–water partition coefficient (Wildman–Crippen LogP) is 1.16. The molecule has 0 unspecified atom stereocenters. The Bertz CT molecular complexity index is 631. The molecule has 0 saturated carbocycles. The molecule has 1 aliphatic heterocycles. The number of hydrogen-bond acceptors (Lipinski definition) is 4. The van der Waals surface area contributed by atoms with Crippen LogP contribution in [0.1, 0.15) is 34.3 Å². The summed E-state index contributed by atoms with van der Waals surface area (Å²) in [7, 11) is 1.65. The molecule has 1 heterocycles. The van der Waals surface area contributed by atoms with Crippen molar-refractivity contribution in [2.75, 3.05) is 26.8 Å². The minimum Gasteiger partial charge on any atom is -0.383 e. The van der Waals surface area contributed by atoms with Gasteiger partial charge >= 0.3 is 0 Å². The number of amides is 2. The maximum atomic E-state index is 12.8. The fourth-order valence-corrected chi connectivity index (χ4v) is 3.77. The Morgan fingerprint density at radius 2 is 2.22 bits per heavy atom. The Labute approximate surface area is 135 Å². The highest BCUT2D eigenvalue weighted by Crippen LogP contribution is 2.43. The Hall–Kier alpha value is -1.92. The van der Waals surface area contributed by atoms with Gasteiger partial charge in [0.2, 0.25) is 5.91 Å². The molecule has 124 valence electrons. The third kappa shape index (κ3) is 2.84. The van der Waals surface area contributed by atoms with Gasteiger partial charge < -0.3 is 9.64 Å². The van der Waals surface area contributed by atoms with Crippen molar-refractivity contribution in [2.24, 2.45) is 5.41 Å². The molecular weight excluding hydrogens is 296 g/mol. The van der Waals surface area contributed by atoms with Crippen molar-refractivity contribution >= 4 is 11.8 Å². The second-order valence-electron chi connectivity index (χ2n) is 6.42. The molecule has 23 heavy (non-hydrogen) atoms. The summed E-state index contributed by atoms with van der Waals surface area (Å²) >= 11 is 0. The van der Waals surface area contributed by atoms with Gasteiger partial charge in [-0.2, -0.15) is 0 Å². The third-order valence-electron chi connectivity index (χ3n) is 5.14. The molecule has 1 spiro atoms. The molecule has 0 aromatic heterocycles. The standard InChI is InChI=1S/C17H22N2O4/c1-23-9-8-19-7-6-17(16(19)21)5-4-12-10-13(15(20)18-22)2-3-14(12)11-17/h2-3,10,22H,4-9,11H2,1H3,(H,18,20)/t17-/m1/s1. The third-order valence-corrected chi connectivity index (χ3v) is 5.14. The van der Waals surface area contributed by atoms with Crippen LogP contribution in [0, 0.1) is 5.41 Å². The number of aryl methyl sites for hydroxylation is 1. The van der Waals surface area contributed by atoms with Crippen LogP contribution in [0.15, 0.2) is 18.2 Å². The van der Waals surface area contributed by atoms with E-state index in [9.17, 15) is 9.59 Å². The zero-order valence-electron chi connectivity index (χ0n) is 13.3. The van der Waals surface area contributed by atoms with Gasteiger partial charge in [0.15, 0.2) is 0 Å². The van der Waals surface area contributed by atoms with Crippen LogP contribution in [0.2, 0.25) is 0 Å². The molecule has 1 aromatic rings. The largest absolute Gasteiger partial charge is 0.383 e. The van der Waals surface area contributed by atoms with E-state index in [-0.39, 0.29) is 11.3 Å². The number of nitrogens with zero attached hydrogens (tertiary/aromatic N) is 1. The van der Waals surface area contributed by atoms with Crippen LogP contribution in [0.3, 0.4) is 0 Å². The predicted molar refractivity (Wildman–Crippen MR) is 83.2 cm³/mol. The van der Waals surface area contributed by atoms with Crippen molar-refractivity contribution in [1.29, 1.82) is 0 Å². The number of nitrogens with one attached hydrogen (secondary N) is 1. The van der Waals surface area contributed by atoms with E-state index < -0.39 is 5.91 Å². The molecule has 6 heteroatoms. The van der Waals surface area contributed by atoms with E-state index in [0.29, 0.717) is 18.7 Å². The van der Waals surface area contributed by atoms with Gasteiger partial charge in [0.25, 0.3) is 5.91 Å². The molecule has 0 bridgehead atoms. The summed E-state index contributed by atoms with van der Waals surface area (Å²) in [5.74, 6) is -0.270. The number of benzene rings is 1. The number of hydrogen-bond donors (Lipinski definition) is 2. The monoisotopic (exact) mass is 318 g/mol. The molecule has 1 aromatic carbocycles. The zero-order chi connectivity index (χ0) is 16.4. The Balaban J connectivity index is 1.78. The van der Waals surface area contributed by atoms with Crippen molar-refractivity contribution < 1.29 is 19.5 Å². The van der Waals surface area contributed by atoms with Gasteiger partial charge in [0.1, 0.15) is 0 Å². The lowest BCUT2D eigenvalue weighted by molar-refractivity contribution is -0.137. The van der Waals surface area contributed by atoms with Gasteiger partial charge in [0.05, 0.1) is 12.0 Å². The van der Waals surface area contributed by atoms with E-state index in [0.717, 1.165) is 43.4 Å². The van der Waals surface area contributed by atoms with Crippen LogP contribution >= 0.6 is 0 Å². The van der Waals surface area contributed by atoms with E-state index in [2.05, 4.69) is 0 Å². The van der Waals surface area contributed by atoms with Crippen LogP contribution < -0.4 is 5.48 Å². The summed E-state index contributed by atoms with van der Waals surface area (Å²) in [5, 5.41) is 8.73. The first kappa shape index (κ1) is 16.0. The molecule has 2 aliphatic rings. The summed E-state index contributed by atoms with van der Waals surface area (Å²) in [6.07, 6.45) is 3.21. The topological polar surface area (TPSA) is 78.9 Å². The molecule has 1 aliphatic carbocycles. The first-order valence-corrected chi connectivity index (χ1v) is 7.94. The molecule has 2 amide bonds. The number of likely N-dealkylation sites (tertiary alicyclic amines) is 1. The summed E-state index contributed by atoms with van der Waals surface area (Å²) in [6, 6.07) is 5.42. The number of hydroxylamine groups is 1. The highest BCUT2D eigenvalue weighted by Gasteiger charge is 2.47. The van der Waals surface area contributed by atoms with Crippen LogP contribution in [-0.2, 0) is 22.4 Å². The van der Waals surface area contributed by atoms with Crippen molar-refractivity contribution in [3.05, 3.63) is 34.9 Å². The second kappa shape index (κ2) is 6.29. The van der Waals surface area contributed by atoms with E-state index in [1.54, 1.807) is 18.7 Å². The number of methoxy groups -OCH3 is 1. The highest BCUT2D eigenvalue weighted by molar-refractivity contribution is 5.93. The number of carbonyl (C=O) groups excluding carboxylic acids is 2. The molecule has 0 radical (unpaired) electrons. The lowest BCUT2D eigenvalue weighted by Crippen LogP contribution is -2.39. The molecule has 1 fully saturated rings. The quantitative estimate of drug-likeness (QED) is 0.645. The van der Waals surface area contributed by atoms with Gasteiger partial charge in [-0.3, -0.25) is 14.8 Å². The lowest BCUT2D eigenvalue weighted by Gasteiger charge is -2.33. The second-order valence-corrected chi connectivity index (χ2v) is 6.42. The van der Waals surface area contributed by atoms with E-state index in [4.69, 9.17) is 9.94 Å². The number of rotatable bonds is 4. The van der Waals surface area contributed by atoms with E-state index >= 15 is 0 Å². The average Bonchev–Trinajstić information content (AvgIpc) is 2.88. The molecule has 3 rings (SSSR count). The Morgan fingerprint density at radius 1 is 1.39 bits per heavy atom. The summed E-state index contributed by atoms with van der Waals surface area (Å²) in [5.41, 5.74) is 4.04. The lowest BCUT2D eigenvalue weighted by atomic mass is 9.70. The van der Waals surface area contributed by atoms with Gasteiger partial charge in [-0.1, -0.05) is 6.07 Å². The fraction of sp³-hybridized carbons (Fsp3) is 0.529. The van der Waals surface area contributed by atoms with Gasteiger partial charge in [-0.05, 0) is 48.9 Å². The SMILES string of the molecule is COCCN1CC[C@@]2(CCc3cc(C(=O)NO)ccc3C2)C1=O. The van der Waals surface area contributed by atoms with Gasteiger partial charge in [-0.25, -0.2) is 5.48 Å². The number of carbonyl (C=O) groups is 2. The fourth-order valence-electron chi connectivity index (χ4n) is 3.77. The Morgan fingerprint density at radius 3 is 2.96 bits per heavy atom. The average molecular weight is 318 g/mol. The first-order chi connectivity index (χ1) is 11.1. The maximum absolute atomic E-state index is 12.8. The van der Waals surface area contributed by atoms with Gasteiger partial charge in [-0.15, -0.1) is 0 Å². The van der Waals surface area contributed by atoms with Crippen LogP contribution in [-0.4, -0.2) is 48.7 Å². The molecule has 1 atom stereocenters. The molecule has 2 N–H and O–H groups in total. The van der Waals surface area contributed by atoms with Crippen LogP contribution in [0.5, 0.6) is 0 Å². The summed E-state index contributed by atoms with van der Waals surface area (Å²) < 4.78 is 5.08. The minimum atomic E-state index is -0.504. The molecular formula is C17H22N2O4. The number of ether oxygens (including phenoxy) is 1. The van der Waals surface area contributed by atoms with Crippen LogP contribution in [0.4, 0.5) is 0 Å². The highest BCUT2D eigenvalue weighted by atomic mass is 16.5. The number of fused-ring (bicyclic) bond motifs is 1. The van der Waals surface area contributed by atoms with Crippen molar-refractivity contribution in [2.45, 2.75) is 25.7 Å². The van der Waals surface area contributed by atoms with Crippen LogP contribution in [0.25, 0.3) is 0 Å². The van der Waals surface area contributed by atoms with Crippen molar-refractivity contribution in [1.82, 2.24) is 10.4 Å². The maximum Gasteiger partial charge on any atom is 0.274 e. The zero-order valence-corrected chi connectivity index (χ0v) is 13.3. The smallest absolute Gasteiger partial charge is 0.274 e. The van der Waals surface area contributed by atoms with Crippen molar-refractivity contribution in [3.8, 4) is 0 Å². The molecule has 6 nitrogen and oxygen atoms in total.